The first-order chi connectivity index (χ1) is 7.54. The van der Waals surface area contributed by atoms with E-state index in [4.69, 9.17) is 5.11 Å². The molecule has 1 rings (SSSR count). The van der Waals surface area contributed by atoms with Crippen molar-refractivity contribution in [1.82, 2.24) is 4.90 Å². The molecule has 0 aromatic carbocycles. The molecule has 0 aromatic rings. The summed E-state index contributed by atoms with van der Waals surface area (Å²) in [5, 5.41) is 8.72. The summed E-state index contributed by atoms with van der Waals surface area (Å²) >= 11 is 0. The molecule has 1 aliphatic carbocycles. The van der Waals surface area contributed by atoms with Crippen LogP contribution in [0.5, 0.6) is 0 Å². The average molecular weight is 227 g/mol. The number of hydrogen-bond acceptors (Lipinski definition) is 2. The smallest absolute Gasteiger partial charge is 0.323 e. The van der Waals surface area contributed by atoms with Crippen LogP contribution in [0.25, 0.3) is 0 Å². The van der Waals surface area contributed by atoms with Gasteiger partial charge in [-0.1, -0.05) is 19.8 Å². The fourth-order valence-electron chi connectivity index (χ4n) is 2.43. The van der Waals surface area contributed by atoms with E-state index in [1.807, 2.05) is 6.92 Å². The monoisotopic (exact) mass is 227 g/mol. The molecule has 1 aliphatic rings. The third kappa shape index (κ3) is 3.51. The van der Waals surface area contributed by atoms with Gasteiger partial charge in [0.25, 0.3) is 0 Å². The molecule has 0 spiro atoms. The predicted octanol–water partition coefficient (Wildman–Crippen LogP) is 1.75. The summed E-state index contributed by atoms with van der Waals surface area (Å²) in [4.78, 5) is 24.1. The SMILES string of the molecule is CCN(CC(=O)O)C(=O)[C@H]1CCC[C@H](C)C1. The standard InChI is InChI=1S/C12H21NO3/c1-3-13(8-11(14)15)12(16)10-6-4-5-9(2)7-10/h9-10H,3-8H2,1-2H3,(H,14,15)/t9-,10-/m0/s1. The Bertz CT molecular complexity index is 265. The van der Waals surface area contributed by atoms with Gasteiger partial charge in [0.05, 0.1) is 0 Å². The van der Waals surface area contributed by atoms with Crippen LogP contribution in [0.2, 0.25) is 0 Å². The minimum atomic E-state index is -0.931. The van der Waals surface area contributed by atoms with Crippen molar-refractivity contribution in [3.8, 4) is 0 Å². The number of amides is 1. The van der Waals surface area contributed by atoms with Crippen LogP contribution in [-0.4, -0.2) is 35.0 Å². The number of carbonyl (C=O) groups is 2. The lowest BCUT2D eigenvalue weighted by Crippen LogP contribution is -2.40. The molecule has 1 amide bonds. The number of nitrogens with zero attached hydrogens (tertiary/aromatic N) is 1. The second-order valence-electron chi connectivity index (χ2n) is 4.71. The Morgan fingerprint density at radius 1 is 1.38 bits per heavy atom. The lowest BCUT2D eigenvalue weighted by molar-refractivity contribution is -0.146. The van der Waals surface area contributed by atoms with Gasteiger partial charge in [-0.05, 0) is 25.7 Å². The summed E-state index contributed by atoms with van der Waals surface area (Å²) < 4.78 is 0. The van der Waals surface area contributed by atoms with E-state index in [-0.39, 0.29) is 18.4 Å². The van der Waals surface area contributed by atoms with Crippen LogP contribution < -0.4 is 0 Å². The zero-order valence-electron chi connectivity index (χ0n) is 10.1. The number of aliphatic carboxylic acids is 1. The third-order valence-electron chi connectivity index (χ3n) is 3.31. The molecule has 0 saturated heterocycles. The van der Waals surface area contributed by atoms with Crippen molar-refractivity contribution in [2.75, 3.05) is 13.1 Å². The second kappa shape index (κ2) is 5.87. The maximum Gasteiger partial charge on any atom is 0.323 e. The van der Waals surface area contributed by atoms with Gasteiger partial charge in [-0.3, -0.25) is 9.59 Å². The number of carboxylic acids is 1. The number of likely N-dealkylation sites (N-methyl/N-ethyl adjacent to an activating group) is 1. The van der Waals surface area contributed by atoms with Crippen molar-refractivity contribution in [3.63, 3.8) is 0 Å². The van der Waals surface area contributed by atoms with Crippen LogP contribution in [0.4, 0.5) is 0 Å². The lowest BCUT2D eigenvalue weighted by Gasteiger charge is -2.30. The fourth-order valence-corrected chi connectivity index (χ4v) is 2.43. The molecule has 0 unspecified atom stereocenters. The van der Waals surface area contributed by atoms with Gasteiger partial charge in [0.15, 0.2) is 0 Å². The molecule has 1 N–H and O–H groups in total. The third-order valence-corrected chi connectivity index (χ3v) is 3.31. The first kappa shape index (κ1) is 13.0. The maximum absolute atomic E-state index is 12.1. The number of carboxylic acid groups (broad SMARTS) is 1. The van der Waals surface area contributed by atoms with Gasteiger partial charge < -0.3 is 10.0 Å². The van der Waals surface area contributed by atoms with Crippen LogP contribution in [0.15, 0.2) is 0 Å². The Labute approximate surface area is 96.6 Å². The summed E-state index contributed by atoms with van der Waals surface area (Å²) in [6, 6.07) is 0. The fraction of sp³-hybridized carbons (Fsp3) is 0.833. The first-order valence-electron chi connectivity index (χ1n) is 6.05. The zero-order chi connectivity index (χ0) is 12.1. The molecule has 92 valence electrons. The minimum Gasteiger partial charge on any atom is -0.480 e. The zero-order valence-corrected chi connectivity index (χ0v) is 10.1. The topological polar surface area (TPSA) is 57.6 Å². The van der Waals surface area contributed by atoms with Crippen LogP contribution >= 0.6 is 0 Å². The van der Waals surface area contributed by atoms with E-state index in [2.05, 4.69) is 6.92 Å². The van der Waals surface area contributed by atoms with Crippen LogP contribution in [0, 0.1) is 11.8 Å². The van der Waals surface area contributed by atoms with E-state index in [1.54, 1.807) is 0 Å². The molecular formula is C12H21NO3. The van der Waals surface area contributed by atoms with E-state index < -0.39 is 5.97 Å². The highest BCUT2D eigenvalue weighted by atomic mass is 16.4. The molecule has 1 fully saturated rings. The largest absolute Gasteiger partial charge is 0.480 e. The number of hydrogen-bond donors (Lipinski definition) is 1. The average Bonchev–Trinajstić information content (AvgIpc) is 2.24. The lowest BCUT2D eigenvalue weighted by atomic mass is 9.82. The highest BCUT2D eigenvalue weighted by Crippen LogP contribution is 2.29. The van der Waals surface area contributed by atoms with Gasteiger partial charge >= 0.3 is 5.97 Å². The second-order valence-corrected chi connectivity index (χ2v) is 4.71. The van der Waals surface area contributed by atoms with E-state index >= 15 is 0 Å². The molecule has 16 heavy (non-hydrogen) atoms. The van der Waals surface area contributed by atoms with E-state index in [1.165, 1.54) is 11.3 Å². The minimum absolute atomic E-state index is 0.0245. The Kier molecular flexibility index (Phi) is 4.77. The molecule has 4 nitrogen and oxygen atoms in total. The van der Waals surface area contributed by atoms with E-state index in [0.29, 0.717) is 12.5 Å². The van der Waals surface area contributed by atoms with Crippen molar-refractivity contribution in [2.24, 2.45) is 11.8 Å². The van der Waals surface area contributed by atoms with Gasteiger partial charge in [0.1, 0.15) is 6.54 Å². The van der Waals surface area contributed by atoms with Crippen molar-refractivity contribution in [3.05, 3.63) is 0 Å². The molecule has 0 bridgehead atoms. The molecule has 0 aliphatic heterocycles. The molecule has 0 heterocycles. The van der Waals surface area contributed by atoms with Crippen molar-refractivity contribution < 1.29 is 14.7 Å². The summed E-state index contributed by atoms with van der Waals surface area (Å²) in [6.07, 6.45) is 4.10. The van der Waals surface area contributed by atoms with Crippen LogP contribution in [0.3, 0.4) is 0 Å². The Morgan fingerprint density at radius 2 is 2.06 bits per heavy atom. The molecule has 1 saturated carbocycles. The summed E-state index contributed by atoms with van der Waals surface area (Å²) in [7, 11) is 0. The Balaban J connectivity index is 2.56. The van der Waals surface area contributed by atoms with Crippen LogP contribution in [-0.2, 0) is 9.59 Å². The van der Waals surface area contributed by atoms with Gasteiger partial charge in [-0.25, -0.2) is 0 Å². The van der Waals surface area contributed by atoms with Crippen molar-refractivity contribution in [1.29, 1.82) is 0 Å². The number of carbonyl (C=O) groups excluding carboxylic acids is 1. The first-order valence-corrected chi connectivity index (χ1v) is 6.05. The summed E-state index contributed by atoms with van der Waals surface area (Å²) in [5.74, 6) is -0.273. The van der Waals surface area contributed by atoms with Crippen molar-refractivity contribution >= 4 is 11.9 Å². The van der Waals surface area contributed by atoms with Crippen LogP contribution in [0.1, 0.15) is 39.5 Å². The summed E-state index contributed by atoms with van der Waals surface area (Å²) in [5.41, 5.74) is 0. The highest BCUT2D eigenvalue weighted by molar-refractivity contribution is 5.83. The Morgan fingerprint density at radius 3 is 2.56 bits per heavy atom. The highest BCUT2D eigenvalue weighted by Gasteiger charge is 2.28. The van der Waals surface area contributed by atoms with Gasteiger partial charge in [0, 0.05) is 12.5 Å². The van der Waals surface area contributed by atoms with E-state index in [0.717, 1.165) is 19.3 Å². The quantitative estimate of drug-likeness (QED) is 0.796. The Hall–Kier alpha value is -1.06. The molecule has 0 radical (unpaired) electrons. The van der Waals surface area contributed by atoms with Crippen molar-refractivity contribution in [2.45, 2.75) is 39.5 Å². The normalized spacial score (nSPS) is 25.1. The van der Waals surface area contributed by atoms with Gasteiger partial charge in [0.2, 0.25) is 5.91 Å². The van der Waals surface area contributed by atoms with E-state index in [9.17, 15) is 9.59 Å². The molecule has 2 atom stereocenters. The summed E-state index contributed by atoms with van der Waals surface area (Å²) in [6.45, 7) is 4.30. The molecule has 4 heteroatoms. The predicted molar refractivity (Wildman–Crippen MR) is 61.0 cm³/mol. The van der Waals surface area contributed by atoms with Gasteiger partial charge in [-0.15, -0.1) is 0 Å². The maximum atomic E-state index is 12.1. The number of rotatable bonds is 4. The molecular weight excluding hydrogens is 206 g/mol. The van der Waals surface area contributed by atoms with Gasteiger partial charge in [-0.2, -0.15) is 0 Å². The molecule has 0 aromatic heterocycles.